The van der Waals surface area contributed by atoms with Crippen molar-refractivity contribution in [2.24, 2.45) is 0 Å². The average molecular weight is 449 g/mol. The summed E-state index contributed by atoms with van der Waals surface area (Å²) in [6.45, 7) is 6.20. The molecule has 0 aliphatic carbocycles. The maximum atomic E-state index is 11.7. The van der Waals surface area contributed by atoms with Gasteiger partial charge in [-0.25, -0.2) is 14.8 Å². The van der Waals surface area contributed by atoms with E-state index in [1.807, 2.05) is 13.0 Å². The van der Waals surface area contributed by atoms with Crippen LogP contribution in [0.1, 0.15) is 28.0 Å². The molecule has 0 saturated carbocycles. The van der Waals surface area contributed by atoms with E-state index in [1.165, 1.54) is 7.11 Å². The van der Waals surface area contributed by atoms with Gasteiger partial charge in [-0.2, -0.15) is 0 Å². The fourth-order valence-electron chi connectivity index (χ4n) is 4.73. The zero-order valence-electron chi connectivity index (χ0n) is 19.2. The Morgan fingerprint density at radius 2 is 2.06 bits per heavy atom. The third-order valence-electron chi connectivity index (χ3n) is 6.53. The summed E-state index contributed by atoms with van der Waals surface area (Å²) >= 11 is 0. The molecule has 0 amide bonds. The van der Waals surface area contributed by atoms with Crippen LogP contribution >= 0.6 is 0 Å². The highest BCUT2D eigenvalue weighted by Crippen LogP contribution is 2.32. The fourth-order valence-corrected chi connectivity index (χ4v) is 4.73. The van der Waals surface area contributed by atoms with Gasteiger partial charge in [0.05, 0.1) is 38.2 Å². The summed E-state index contributed by atoms with van der Waals surface area (Å²) in [4.78, 5) is 25.5. The van der Waals surface area contributed by atoms with Gasteiger partial charge in [0.1, 0.15) is 11.4 Å². The van der Waals surface area contributed by atoms with Crippen LogP contribution in [0, 0.1) is 6.92 Å². The second-order valence-corrected chi connectivity index (χ2v) is 8.57. The molecule has 1 atom stereocenters. The number of nitrogens with zero attached hydrogens (tertiary/aromatic N) is 4. The Kier molecular flexibility index (Phi) is 5.76. The predicted octanol–water partition coefficient (Wildman–Crippen LogP) is 3.21. The number of carbonyl (C=O) groups is 1. The Labute approximate surface area is 193 Å². The molecule has 8 nitrogen and oxygen atoms in total. The number of ether oxygens (including phenoxy) is 3. The first kappa shape index (κ1) is 21.5. The summed E-state index contributed by atoms with van der Waals surface area (Å²) in [7, 11) is 3.02. The van der Waals surface area contributed by atoms with E-state index in [9.17, 15) is 4.79 Å². The van der Waals surface area contributed by atoms with Gasteiger partial charge in [-0.1, -0.05) is 0 Å². The van der Waals surface area contributed by atoms with Crippen molar-refractivity contribution in [3.63, 3.8) is 0 Å². The number of fused-ring (bicyclic) bond motifs is 3. The third-order valence-corrected chi connectivity index (χ3v) is 6.53. The molecular formula is C25H28N4O4. The lowest BCUT2D eigenvalue weighted by Crippen LogP contribution is -2.53. The number of aromatic nitrogens is 2. The van der Waals surface area contributed by atoms with Gasteiger partial charge in [0.25, 0.3) is 0 Å². The van der Waals surface area contributed by atoms with Crippen LogP contribution in [0.3, 0.4) is 0 Å². The Balaban J connectivity index is 1.36. The number of benzene rings is 1. The lowest BCUT2D eigenvalue weighted by Gasteiger charge is -2.43. The molecule has 8 heteroatoms. The quantitative estimate of drug-likeness (QED) is 0.566. The molecule has 0 unspecified atom stereocenters. The van der Waals surface area contributed by atoms with Gasteiger partial charge in [-0.05, 0) is 43.7 Å². The first-order chi connectivity index (χ1) is 16.1. The van der Waals surface area contributed by atoms with Crippen LogP contribution in [0.4, 0.5) is 5.69 Å². The number of hydrogen-bond donors (Lipinski definition) is 0. The number of aryl methyl sites for hydroxylation is 1. The Bertz CT molecular complexity index is 1180. The number of methoxy groups -OCH3 is 2. The van der Waals surface area contributed by atoms with E-state index in [4.69, 9.17) is 19.2 Å². The number of anilines is 1. The lowest BCUT2D eigenvalue weighted by atomic mass is 10.0. The molecular weight excluding hydrogens is 420 g/mol. The van der Waals surface area contributed by atoms with Crippen LogP contribution in [-0.4, -0.2) is 67.3 Å². The van der Waals surface area contributed by atoms with Crippen molar-refractivity contribution in [1.29, 1.82) is 0 Å². The molecule has 4 heterocycles. The molecule has 0 spiro atoms. The molecule has 0 N–H and O–H groups in total. The Hall–Kier alpha value is -3.39. The second-order valence-electron chi connectivity index (χ2n) is 8.57. The average Bonchev–Trinajstić information content (AvgIpc) is 2.83. The summed E-state index contributed by atoms with van der Waals surface area (Å²) in [6.07, 6.45) is 2.70. The molecule has 33 heavy (non-hydrogen) atoms. The highest BCUT2D eigenvalue weighted by molar-refractivity contribution is 5.87. The highest BCUT2D eigenvalue weighted by Gasteiger charge is 2.30. The van der Waals surface area contributed by atoms with Gasteiger partial charge in [0.15, 0.2) is 0 Å². The van der Waals surface area contributed by atoms with E-state index in [2.05, 4.69) is 33.0 Å². The van der Waals surface area contributed by atoms with Crippen molar-refractivity contribution in [1.82, 2.24) is 14.9 Å². The van der Waals surface area contributed by atoms with Gasteiger partial charge in [-0.15, -0.1) is 0 Å². The SMILES string of the molecule is COC(=O)c1ccc(N2CCN3Cc4cc5nc(OC)c(C)cc5cc4OCC[C@@H]3C2)cn1. The predicted molar refractivity (Wildman–Crippen MR) is 125 cm³/mol. The van der Waals surface area contributed by atoms with Crippen LogP contribution < -0.4 is 14.4 Å². The van der Waals surface area contributed by atoms with Gasteiger partial charge in [-0.3, -0.25) is 4.90 Å². The summed E-state index contributed by atoms with van der Waals surface area (Å²) in [6, 6.07) is 10.4. The monoisotopic (exact) mass is 448 g/mol. The zero-order chi connectivity index (χ0) is 22.9. The van der Waals surface area contributed by atoms with Gasteiger partial charge >= 0.3 is 5.97 Å². The summed E-state index contributed by atoms with van der Waals surface area (Å²) in [5.74, 6) is 1.18. The first-order valence-corrected chi connectivity index (χ1v) is 11.2. The van der Waals surface area contributed by atoms with Gasteiger partial charge in [0.2, 0.25) is 5.88 Å². The number of hydrogen-bond acceptors (Lipinski definition) is 8. The van der Waals surface area contributed by atoms with E-state index in [-0.39, 0.29) is 0 Å². The molecule has 1 aromatic carbocycles. The minimum atomic E-state index is -0.419. The van der Waals surface area contributed by atoms with E-state index >= 15 is 0 Å². The Morgan fingerprint density at radius 1 is 1.18 bits per heavy atom. The van der Waals surface area contributed by atoms with Crippen LogP contribution in [0.25, 0.3) is 10.9 Å². The molecule has 5 rings (SSSR count). The normalized spacial score (nSPS) is 18.5. The van der Waals surface area contributed by atoms with E-state index < -0.39 is 5.97 Å². The molecule has 2 aromatic heterocycles. The first-order valence-electron chi connectivity index (χ1n) is 11.2. The van der Waals surface area contributed by atoms with Crippen molar-refractivity contribution >= 4 is 22.6 Å². The number of esters is 1. The van der Waals surface area contributed by atoms with Crippen LogP contribution in [0.2, 0.25) is 0 Å². The van der Waals surface area contributed by atoms with Crippen molar-refractivity contribution in [3.8, 4) is 11.6 Å². The summed E-state index contributed by atoms with van der Waals surface area (Å²) in [5, 5.41) is 1.07. The zero-order valence-corrected chi connectivity index (χ0v) is 19.2. The molecule has 0 bridgehead atoms. The maximum Gasteiger partial charge on any atom is 0.356 e. The molecule has 2 aliphatic rings. The van der Waals surface area contributed by atoms with E-state index in [0.29, 0.717) is 24.2 Å². The molecule has 0 radical (unpaired) electrons. The van der Waals surface area contributed by atoms with Crippen molar-refractivity contribution in [2.75, 3.05) is 45.4 Å². The second kappa shape index (κ2) is 8.86. The number of rotatable bonds is 3. The minimum absolute atomic E-state index is 0.323. The smallest absolute Gasteiger partial charge is 0.356 e. The van der Waals surface area contributed by atoms with Gasteiger partial charge in [0, 0.05) is 48.7 Å². The Morgan fingerprint density at radius 3 is 2.82 bits per heavy atom. The molecule has 3 aromatic rings. The van der Waals surface area contributed by atoms with Crippen LogP contribution in [0.5, 0.6) is 11.6 Å². The lowest BCUT2D eigenvalue weighted by molar-refractivity contribution is 0.0594. The molecule has 2 aliphatic heterocycles. The topological polar surface area (TPSA) is 77.0 Å². The third kappa shape index (κ3) is 4.18. The molecule has 1 saturated heterocycles. The number of pyridine rings is 2. The van der Waals surface area contributed by atoms with Crippen molar-refractivity contribution in [2.45, 2.75) is 25.9 Å². The minimum Gasteiger partial charge on any atom is -0.493 e. The van der Waals surface area contributed by atoms with Crippen molar-refractivity contribution in [3.05, 3.63) is 53.3 Å². The van der Waals surface area contributed by atoms with Crippen molar-refractivity contribution < 1.29 is 19.0 Å². The van der Waals surface area contributed by atoms with E-state index in [0.717, 1.165) is 66.1 Å². The summed E-state index contributed by atoms with van der Waals surface area (Å²) < 4.78 is 16.4. The summed E-state index contributed by atoms with van der Waals surface area (Å²) in [5.41, 5.74) is 4.43. The van der Waals surface area contributed by atoms with Crippen LogP contribution in [-0.2, 0) is 11.3 Å². The highest BCUT2D eigenvalue weighted by atomic mass is 16.5. The molecule has 1 fully saturated rings. The van der Waals surface area contributed by atoms with Gasteiger partial charge < -0.3 is 19.1 Å². The largest absolute Gasteiger partial charge is 0.493 e. The standard InChI is InChI=1S/C25H28N4O4/c1-16-10-17-12-23-18(11-22(17)27-24(16)31-2)14-28-7-8-29(15-20(28)6-9-33-23)19-4-5-21(26-13-19)25(30)32-3/h4-5,10-13,20H,6-9,14-15H2,1-3H3/t20-/m1/s1. The number of piperazine rings is 1. The van der Waals surface area contributed by atoms with E-state index in [1.54, 1.807) is 19.4 Å². The fraction of sp³-hybridized carbons (Fsp3) is 0.400. The molecule has 172 valence electrons. The number of carbonyl (C=O) groups excluding carboxylic acids is 1. The van der Waals surface area contributed by atoms with Crippen LogP contribution in [0.15, 0.2) is 36.5 Å². The maximum absolute atomic E-state index is 11.7.